The summed E-state index contributed by atoms with van der Waals surface area (Å²) in [6.45, 7) is 6.87. The number of hydrogen-bond acceptors (Lipinski definition) is 2. The summed E-state index contributed by atoms with van der Waals surface area (Å²) in [6, 6.07) is 0. The first-order valence-corrected chi connectivity index (χ1v) is 6.94. The van der Waals surface area contributed by atoms with Crippen molar-refractivity contribution in [2.45, 2.75) is 58.3 Å². The monoisotopic (exact) mass is 223 g/mol. The van der Waals surface area contributed by atoms with Crippen molar-refractivity contribution < 1.29 is 0 Å². The zero-order valence-electron chi connectivity index (χ0n) is 9.99. The van der Waals surface area contributed by atoms with Gasteiger partial charge in [-0.15, -0.1) is 11.3 Å². The molecule has 0 aromatic carbocycles. The predicted octanol–water partition coefficient (Wildman–Crippen LogP) is 4.56. The molecule has 1 nitrogen and oxygen atoms in total. The molecule has 84 valence electrons. The standard InChI is InChI=1S/C13H21NS/c1-9(2)12-8-14-13(15-12)11-6-4-10(3)5-7-11/h8-11H,4-7H2,1-3H3. The highest BCUT2D eigenvalue weighted by Crippen LogP contribution is 2.38. The molecule has 0 N–H and O–H groups in total. The fraction of sp³-hybridized carbons (Fsp3) is 0.769. The van der Waals surface area contributed by atoms with Crippen LogP contribution in [0.1, 0.15) is 68.2 Å². The van der Waals surface area contributed by atoms with Crippen LogP contribution in [0.4, 0.5) is 0 Å². The van der Waals surface area contributed by atoms with Crippen LogP contribution >= 0.6 is 11.3 Å². The number of hydrogen-bond donors (Lipinski definition) is 0. The van der Waals surface area contributed by atoms with Crippen LogP contribution in [0.5, 0.6) is 0 Å². The zero-order chi connectivity index (χ0) is 10.8. The van der Waals surface area contributed by atoms with E-state index in [0.717, 1.165) is 11.8 Å². The first-order valence-electron chi connectivity index (χ1n) is 6.12. The zero-order valence-corrected chi connectivity index (χ0v) is 10.8. The molecule has 0 spiro atoms. The third kappa shape index (κ3) is 2.60. The van der Waals surface area contributed by atoms with E-state index in [1.54, 1.807) is 0 Å². The lowest BCUT2D eigenvalue weighted by atomic mass is 9.83. The van der Waals surface area contributed by atoms with E-state index in [2.05, 4.69) is 32.0 Å². The van der Waals surface area contributed by atoms with Crippen LogP contribution in [0.2, 0.25) is 0 Å². The van der Waals surface area contributed by atoms with Gasteiger partial charge in [-0.05, 0) is 24.7 Å². The van der Waals surface area contributed by atoms with E-state index < -0.39 is 0 Å². The Labute approximate surface area is 96.9 Å². The maximum absolute atomic E-state index is 4.60. The Morgan fingerprint density at radius 2 is 1.93 bits per heavy atom. The van der Waals surface area contributed by atoms with Crippen LogP contribution in [0.15, 0.2) is 6.20 Å². The molecule has 1 fully saturated rings. The molecule has 1 saturated carbocycles. The van der Waals surface area contributed by atoms with Gasteiger partial charge in [-0.3, -0.25) is 0 Å². The summed E-state index contributed by atoms with van der Waals surface area (Å²) in [4.78, 5) is 6.05. The number of aromatic nitrogens is 1. The molecule has 1 aliphatic rings. The van der Waals surface area contributed by atoms with Gasteiger partial charge in [0.1, 0.15) is 0 Å². The van der Waals surface area contributed by atoms with Crippen molar-refractivity contribution in [3.8, 4) is 0 Å². The molecular formula is C13H21NS. The number of rotatable bonds is 2. The minimum absolute atomic E-state index is 0.638. The topological polar surface area (TPSA) is 12.9 Å². The summed E-state index contributed by atoms with van der Waals surface area (Å²) in [5, 5.41) is 1.39. The van der Waals surface area contributed by atoms with Gasteiger partial charge in [0.2, 0.25) is 0 Å². The van der Waals surface area contributed by atoms with Gasteiger partial charge < -0.3 is 0 Å². The maximum Gasteiger partial charge on any atom is 0.0958 e. The molecule has 15 heavy (non-hydrogen) atoms. The van der Waals surface area contributed by atoms with E-state index in [0.29, 0.717) is 5.92 Å². The fourth-order valence-electron chi connectivity index (χ4n) is 2.26. The molecule has 0 atom stereocenters. The minimum atomic E-state index is 0.638. The van der Waals surface area contributed by atoms with Gasteiger partial charge in [-0.2, -0.15) is 0 Å². The Balaban J connectivity index is 2.03. The largest absolute Gasteiger partial charge is 0.249 e. The molecule has 0 bridgehead atoms. The molecule has 1 aromatic heterocycles. The van der Waals surface area contributed by atoms with Crippen molar-refractivity contribution in [1.82, 2.24) is 4.98 Å². The lowest BCUT2D eigenvalue weighted by Crippen LogP contribution is -2.10. The van der Waals surface area contributed by atoms with Crippen molar-refractivity contribution in [1.29, 1.82) is 0 Å². The van der Waals surface area contributed by atoms with Crippen LogP contribution < -0.4 is 0 Å². The first kappa shape index (κ1) is 11.1. The maximum atomic E-state index is 4.60. The molecule has 0 radical (unpaired) electrons. The smallest absolute Gasteiger partial charge is 0.0958 e. The summed E-state index contributed by atoms with van der Waals surface area (Å²) >= 11 is 1.94. The fourth-order valence-corrected chi connectivity index (χ4v) is 3.35. The third-order valence-corrected chi connectivity index (χ3v) is 4.94. The summed E-state index contributed by atoms with van der Waals surface area (Å²) in [6.07, 6.45) is 7.57. The highest BCUT2D eigenvalue weighted by Gasteiger charge is 2.22. The van der Waals surface area contributed by atoms with Gasteiger partial charge >= 0.3 is 0 Å². The van der Waals surface area contributed by atoms with Gasteiger partial charge in [-0.1, -0.05) is 33.6 Å². The van der Waals surface area contributed by atoms with E-state index in [4.69, 9.17) is 0 Å². The van der Waals surface area contributed by atoms with E-state index in [1.165, 1.54) is 35.6 Å². The molecular weight excluding hydrogens is 202 g/mol. The number of nitrogens with zero attached hydrogens (tertiary/aromatic N) is 1. The second-order valence-electron chi connectivity index (χ2n) is 5.21. The highest BCUT2D eigenvalue weighted by molar-refractivity contribution is 7.11. The second kappa shape index (κ2) is 4.65. The van der Waals surface area contributed by atoms with Crippen LogP contribution in [0, 0.1) is 5.92 Å². The molecule has 0 amide bonds. The molecule has 2 heteroatoms. The van der Waals surface area contributed by atoms with E-state index in [9.17, 15) is 0 Å². The van der Waals surface area contributed by atoms with Crippen LogP contribution in [0.3, 0.4) is 0 Å². The van der Waals surface area contributed by atoms with Gasteiger partial charge in [0.25, 0.3) is 0 Å². The molecule has 1 aromatic rings. The van der Waals surface area contributed by atoms with E-state index in [1.807, 2.05) is 11.3 Å². The Morgan fingerprint density at radius 3 is 2.47 bits per heavy atom. The Morgan fingerprint density at radius 1 is 1.27 bits per heavy atom. The molecule has 0 saturated heterocycles. The van der Waals surface area contributed by atoms with Gasteiger partial charge in [0.05, 0.1) is 5.01 Å². The predicted molar refractivity (Wildman–Crippen MR) is 66.6 cm³/mol. The van der Waals surface area contributed by atoms with Gasteiger partial charge in [0, 0.05) is 17.0 Å². The normalized spacial score (nSPS) is 27.2. The molecule has 0 unspecified atom stereocenters. The molecule has 1 heterocycles. The molecule has 2 rings (SSSR count). The quantitative estimate of drug-likeness (QED) is 0.716. The second-order valence-corrected chi connectivity index (χ2v) is 6.31. The van der Waals surface area contributed by atoms with Crippen molar-refractivity contribution in [2.24, 2.45) is 5.92 Å². The van der Waals surface area contributed by atoms with Crippen LogP contribution in [0.25, 0.3) is 0 Å². The van der Waals surface area contributed by atoms with E-state index >= 15 is 0 Å². The Bertz CT molecular complexity index is 308. The summed E-state index contributed by atoms with van der Waals surface area (Å²) in [7, 11) is 0. The highest BCUT2D eigenvalue weighted by atomic mass is 32.1. The van der Waals surface area contributed by atoms with Gasteiger partial charge in [-0.25, -0.2) is 4.98 Å². The lowest BCUT2D eigenvalue weighted by Gasteiger charge is -2.24. The molecule has 1 aliphatic carbocycles. The van der Waals surface area contributed by atoms with Crippen LogP contribution in [-0.2, 0) is 0 Å². The average Bonchev–Trinajstić information content (AvgIpc) is 2.68. The van der Waals surface area contributed by atoms with Crippen molar-refractivity contribution in [3.05, 3.63) is 16.1 Å². The van der Waals surface area contributed by atoms with E-state index in [-0.39, 0.29) is 0 Å². The SMILES string of the molecule is CC1CCC(c2ncc(C(C)C)s2)CC1. The van der Waals surface area contributed by atoms with Crippen molar-refractivity contribution >= 4 is 11.3 Å². The summed E-state index contributed by atoms with van der Waals surface area (Å²) in [5.41, 5.74) is 0. The molecule has 0 aliphatic heterocycles. The van der Waals surface area contributed by atoms with Gasteiger partial charge in [0.15, 0.2) is 0 Å². The summed E-state index contributed by atoms with van der Waals surface area (Å²) < 4.78 is 0. The first-order chi connectivity index (χ1) is 7.16. The van der Waals surface area contributed by atoms with Crippen molar-refractivity contribution in [3.63, 3.8) is 0 Å². The van der Waals surface area contributed by atoms with Crippen LogP contribution in [-0.4, -0.2) is 4.98 Å². The average molecular weight is 223 g/mol. The number of thiazole rings is 1. The third-order valence-electron chi connectivity index (χ3n) is 3.48. The van der Waals surface area contributed by atoms with Crippen molar-refractivity contribution in [2.75, 3.05) is 0 Å². The lowest BCUT2D eigenvalue weighted by molar-refractivity contribution is 0.347. The minimum Gasteiger partial charge on any atom is -0.249 e. The summed E-state index contributed by atoms with van der Waals surface area (Å²) in [5.74, 6) is 2.34. The Kier molecular flexibility index (Phi) is 3.45. The Hall–Kier alpha value is -0.370.